The fourth-order valence-corrected chi connectivity index (χ4v) is 2.16. The molecule has 2 atom stereocenters. The van der Waals surface area contributed by atoms with Crippen molar-refractivity contribution in [1.29, 1.82) is 0 Å². The Labute approximate surface area is 78.9 Å². The normalized spacial score (nSPS) is 30.5. The molecule has 2 N–H and O–H groups in total. The number of rotatable bonds is 1. The zero-order chi connectivity index (χ0) is 9.80. The molecule has 1 saturated carbocycles. The molecule has 1 heterocycles. The fraction of sp³-hybridized carbons (Fsp3) is 0.700. The molecular formula is C10H17N3. The lowest BCUT2D eigenvalue weighted by molar-refractivity contribution is 0.581. The Morgan fingerprint density at radius 3 is 2.38 bits per heavy atom. The van der Waals surface area contributed by atoms with E-state index in [1.807, 2.05) is 18.7 Å². The smallest absolute Gasteiger partial charge is 0.0596 e. The number of hydrogen-bond donors (Lipinski definition) is 1. The van der Waals surface area contributed by atoms with Crippen LogP contribution >= 0.6 is 0 Å². The summed E-state index contributed by atoms with van der Waals surface area (Å²) in [4.78, 5) is 0. The lowest BCUT2D eigenvalue weighted by Gasteiger charge is -2.01. The maximum atomic E-state index is 6.01. The van der Waals surface area contributed by atoms with Gasteiger partial charge in [-0.05, 0) is 18.4 Å². The molecule has 1 aliphatic rings. The van der Waals surface area contributed by atoms with Gasteiger partial charge in [-0.25, -0.2) is 0 Å². The van der Waals surface area contributed by atoms with E-state index >= 15 is 0 Å². The van der Waals surface area contributed by atoms with Crippen molar-refractivity contribution in [3.8, 4) is 0 Å². The number of nitrogens with zero attached hydrogens (tertiary/aromatic N) is 2. The second-order valence-corrected chi connectivity index (χ2v) is 4.66. The van der Waals surface area contributed by atoms with Gasteiger partial charge in [0.15, 0.2) is 0 Å². The summed E-state index contributed by atoms with van der Waals surface area (Å²) in [5.74, 6) is 0.485. The maximum Gasteiger partial charge on any atom is 0.0596 e. The zero-order valence-corrected chi connectivity index (χ0v) is 8.70. The highest BCUT2D eigenvalue weighted by Crippen LogP contribution is 2.57. The van der Waals surface area contributed by atoms with Crippen molar-refractivity contribution in [2.45, 2.75) is 32.7 Å². The Balaban J connectivity index is 2.34. The third-order valence-electron chi connectivity index (χ3n) is 3.27. The van der Waals surface area contributed by atoms with Gasteiger partial charge in [-0.3, -0.25) is 4.68 Å². The van der Waals surface area contributed by atoms with Crippen LogP contribution in [0.4, 0.5) is 0 Å². The first-order valence-corrected chi connectivity index (χ1v) is 4.70. The second kappa shape index (κ2) is 2.35. The zero-order valence-electron chi connectivity index (χ0n) is 8.70. The van der Waals surface area contributed by atoms with E-state index in [2.05, 4.69) is 25.0 Å². The fourth-order valence-electron chi connectivity index (χ4n) is 2.16. The molecular weight excluding hydrogens is 162 g/mol. The predicted octanol–water partition coefficient (Wildman–Crippen LogP) is 1.18. The summed E-state index contributed by atoms with van der Waals surface area (Å²) < 4.78 is 1.95. The van der Waals surface area contributed by atoms with Crippen LogP contribution in [0, 0.1) is 12.3 Å². The van der Waals surface area contributed by atoms with Crippen LogP contribution in [0.2, 0.25) is 0 Å². The van der Waals surface area contributed by atoms with Crippen molar-refractivity contribution in [2.75, 3.05) is 0 Å². The van der Waals surface area contributed by atoms with Gasteiger partial charge in [0, 0.05) is 24.7 Å². The van der Waals surface area contributed by atoms with Gasteiger partial charge in [0.2, 0.25) is 0 Å². The first-order valence-electron chi connectivity index (χ1n) is 4.70. The van der Waals surface area contributed by atoms with E-state index in [9.17, 15) is 0 Å². The Morgan fingerprint density at radius 2 is 2.08 bits per heavy atom. The molecule has 0 aliphatic heterocycles. The van der Waals surface area contributed by atoms with Crippen molar-refractivity contribution in [1.82, 2.24) is 9.78 Å². The quantitative estimate of drug-likeness (QED) is 0.703. The Morgan fingerprint density at radius 1 is 1.54 bits per heavy atom. The van der Waals surface area contributed by atoms with Crippen LogP contribution in [-0.4, -0.2) is 15.8 Å². The Kier molecular flexibility index (Phi) is 1.58. The third-order valence-corrected chi connectivity index (χ3v) is 3.27. The highest BCUT2D eigenvalue weighted by molar-refractivity contribution is 5.30. The highest BCUT2D eigenvalue weighted by atomic mass is 15.3. The maximum absolute atomic E-state index is 6.01. The molecule has 1 aromatic heterocycles. The number of nitrogens with two attached hydrogens (primary N) is 1. The minimum Gasteiger partial charge on any atom is -0.327 e. The molecule has 72 valence electrons. The topological polar surface area (TPSA) is 43.8 Å². The molecule has 0 spiro atoms. The van der Waals surface area contributed by atoms with Crippen LogP contribution in [0.15, 0.2) is 6.07 Å². The minimum absolute atomic E-state index is 0.250. The molecule has 0 radical (unpaired) electrons. The average Bonchev–Trinajstić information content (AvgIpc) is 2.36. The molecule has 1 aromatic rings. The van der Waals surface area contributed by atoms with Crippen molar-refractivity contribution >= 4 is 0 Å². The molecule has 1 aliphatic carbocycles. The summed E-state index contributed by atoms with van der Waals surface area (Å²) in [7, 11) is 1.99. The number of aromatic nitrogens is 2. The van der Waals surface area contributed by atoms with Crippen LogP contribution in [-0.2, 0) is 7.05 Å². The van der Waals surface area contributed by atoms with Crippen molar-refractivity contribution < 1.29 is 0 Å². The van der Waals surface area contributed by atoms with E-state index in [0.717, 1.165) is 5.69 Å². The SMILES string of the molecule is Cc1cc(C2C(N)C2(C)C)n(C)n1. The van der Waals surface area contributed by atoms with Gasteiger partial charge in [0.05, 0.1) is 5.69 Å². The van der Waals surface area contributed by atoms with Gasteiger partial charge in [-0.15, -0.1) is 0 Å². The van der Waals surface area contributed by atoms with E-state index in [-0.39, 0.29) is 5.41 Å². The molecule has 2 unspecified atom stereocenters. The highest BCUT2D eigenvalue weighted by Gasteiger charge is 2.57. The third kappa shape index (κ3) is 1.10. The lowest BCUT2D eigenvalue weighted by Crippen LogP contribution is -2.07. The number of hydrogen-bond acceptors (Lipinski definition) is 2. The molecule has 3 nitrogen and oxygen atoms in total. The largest absolute Gasteiger partial charge is 0.327 e. The van der Waals surface area contributed by atoms with Crippen molar-refractivity contribution in [2.24, 2.45) is 18.2 Å². The van der Waals surface area contributed by atoms with E-state index in [1.54, 1.807) is 0 Å². The van der Waals surface area contributed by atoms with Crippen LogP contribution in [0.5, 0.6) is 0 Å². The van der Waals surface area contributed by atoms with E-state index < -0.39 is 0 Å². The van der Waals surface area contributed by atoms with Gasteiger partial charge < -0.3 is 5.73 Å². The van der Waals surface area contributed by atoms with Gasteiger partial charge in [0.1, 0.15) is 0 Å². The van der Waals surface area contributed by atoms with Gasteiger partial charge in [0.25, 0.3) is 0 Å². The van der Waals surface area contributed by atoms with Gasteiger partial charge >= 0.3 is 0 Å². The van der Waals surface area contributed by atoms with E-state index in [0.29, 0.717) is 12.0 Å². The molecule has 1 fully saturated rings. The summed E-state index contributed by atoms with van der Waals surface area (Å²) in [6.07, 6.45) is 0. The lowest BCUT2D eigenvalue weighted by atomic mass is 10.1. The molecule has 0 bridgehead atoms. The summed E-state index contributed by atoms with van der Waals surface area (Å²) >= 11 is 0. The van der Waals surface area contributed by atoms with Crippen LogP contribution < -0.4 is 5.73 Å². The summed E-state index contributed by atoms with van der Waals surface area (Å²) in [5, 5.41) is 4.33. The van der Waals surface area contributed by atoms with Crippen LogP contribution in [0.3, 0.4) is 0 Å². The summed E-state index contributed by atoms with van der Waals surface area (Å²) in [6, 6.07) is 2.43. The first kappa shape index (κ1) is 8.75. The summed E-state index contributed by atoms with van der Waals surface area (Å²) in [5.41, 5.74) is 8.61. The molecule has 0 saturated heterocycles. The van der Waals surface area contributed by atoms with Gasteiger partial charge in [-0.1, -0.05) is 13.8 Å². The average molecular weight is 179 g/mol. The Hall–Kier alpha value is -0.830. The van der Waals surface area contributed by atoms with Gasteiger partial charge in [-0.2, -0.15) is 5.10 Å². The predicted molar refractivity (Wildman–Crippen MR) is 52.4 cm³/mol. The molecule has 2 rings (SSSR count). The number of aryl methyl sites for hydroxylation is 2. The standard InChI is InChI=1S/C10H17N3/c1-6-5-7(13(4)12-6)8-9(11)10(8,2)3/h5,8-9H,11H2,1-4H3. The Bertz CT molecular complexity index is 338. The molecule has 0 aromatic carbocycles. The monoisotopic (exact) mass is 179 g/mol. The molecule has 3 heteroatoms. The van der Waals surface area contributed by atoms with Crippen molar-refractivity contribution in [3.05, 3.63) is 17.5 Å². The van der Waals surface area contributed by atoms with E-state index in [1.165, 1.54) is 5.69 Å². The van der Waals surface area contributed by atoms with Crippen LogP contribution in [0.25, 0.3) is 0 Å². The second-order valence-electron chi connectivity index (χ2n) is 4.66. The first-order chi connectivity index (χ1) is 5.94. The molecule has 0 amide bonds. The van der Waals surface area contributed by atoms with Crippen LogP contribution in [0.1, 0.15) is 31.2 Å². The minimum atomic E-state index is 0.250. The van der Waals surface area contributed by atoms with Crippen molar-refractivity contribution in [3.63, 3.8) is 0 Å². The van der Waals surface area contributed by atoms with E-state index in [4.69, 9.17) is 5.73 Å². The summed E-state index contributed by atoms with van der Waals surface area (Å²) in [6.45, 7) is 6.44. The molecule has 13 heavy (non-hydrogen) atoms.